The van der Waals surface area contributed by atoms with Crippen molar-refractivity contribution in [1.29, 1.82) is 5.26 Å². The van der Waals surface area contributed by atoms with Gasteiger partial charge in [-0.15, -0.1) is 0 Å². The van der Waals surface area contributed by atoms with E-state index in [1.165, 1.54) is 12.3 Å². The molecule has 4 rings (SSSR count). The van der Waals surface area contributed by atoms with Crippen LogP contribution in [0.25, 0.3) is 10.9 Å². The van der Waals surface area contributed by atoms with E-state index in [1.54, 1.807) is 25.1 Å². The number of fused-ring (bicyclic) bond motifs is 1. The fourth-order valence-corrected chi connectivity index (χ4v) is 3.51. The molecule has 0 atom stereocenters. The van der Waals surface area contributed by atoms with Crippen LogP contribution in [0.5, 0.6) is 17.2 Å². The second-order valence-corrected chi connectivity index (χ2v) is 7.51. The summed E-state index contributed by atoms with van der Waals surface area (Å²) in [4.78, 5) is 16.6. The lowest BCUT2D eigenvalue weighted by Gasteiger charge is -2.16. The zero-order chi connectivity index (χ0) is 24.6. The fourth-order valence-electron chi connectivity index (χ4n) is 3.51. The van der Waals surface area contributed by atoms with Gasteiger partial charge in [0, 0.05) is 23.3 Å². The predicted molar refractivity (Wildman–Crippen MR) is 137 cm³/mol. The second-order valence-electron chi connectivity index (χ2n) is 7.51. The van der Waals surface area contributed by atoms with Gasteiger partial charge in [0.25, 0.3) is 0 Å². The Bertz CT molecular complexity index is 1410. The van der Waals surface area contributed by atoms with Crippen LogP contribution in [-0.2, 0) is 4.79 Å². The van der Waals surface area contributed by atoms with E-state index in [-0.39, 0.29) is 5.91 Å². The number of allylic oxidation sites excluding steroid dienone is 1. The lowest BCUT2D eigenvalue weighted by atomic mass is 10.1. The van der Waals surface area contributed by atoms with Crippen molar-refractivity contribution in [2.45, 2.75) is 13.8 Å². The summed E-state index contributed by atoms with van der Waals surface area (Å²) >= 11 is 0. The van der Waals surface area contributed by atoms with E-state index >= 15 is 0 Å². The van der Waals surface area contributed by atoms with Gasteiger partial charge in [-0.1, -0.05) is 24.3 Å². The Morgan fingerprint density at radius 1 is 1.09 bits per heavy atom. The molecule has 7 heteroatoms. The van der Waals surface area contributed by atoms with Gasteiger partial charge in [0.1, 0.15) is 23.3 Å². The molecule has 174 valence electrons. The summed E-state index contributed by atoms with van der Waals surface area (Å²) in [5, 5.41) is 16.6. The van der Waals surface area contributed by atoms with Crippen molar-refractivity contribution < 1.29 is 14.3 Å². The van der Waals surface area contributed by atoms with Crippen molar-refractivity contribution in [2.75, 3.05) is 17.2 Å². The van der Waals surface area contributed by atoms with Gasteiger partial charge >= 0.3 is 0 Å². The summed E-state index contributed by atoms with van der Waals surface area (Å²) in [6, 6.07) is 22.7. The van der Waals surface area contributed by atoms with E-state index < -0.39 is 0 Å². The zero-order valence-corrected chi connectivity index (χ0v) is 19.4. The standard InChI is InChI=1S/C28H24N4O3/c1-3-8-27(33)32-25-15-23-24(16-26(25)34-4-2)30-18-19(17-29)28(23)31-20-11-13-22(14-12-20)35-21-9-6-5-7-10-21/h3,5-16,18H,4H2,1-2H3,(H,30,31)(H,32,33)/b8-3+. The van der Waals surface area contributed by atoms with Crippen molar-refractivity contribution in [3.63, 3.8) is 0 Å². The Hall–Kier alpha value is -4.83. The van der Waals surface area contributed by atoms with Crippen LogP contribution in [0.1, 0.15) is 19.4 Å². The average molecular weight is 465 g/mol. The third-order valence-electron chi connectivity index (χ3n) is 5.07. The van der Waals surface area contributed by atoms with Gasteiger partial charge in [-0.3, -0.25) is 9.78 Å². The largest absolute Gasteiger partial charge is 0.492 e. The molecule has 0 saturated heterocycles. The summed E-state index contributed by atoms with van der Waals surface area (Å²) < 4.78 is 11.6. The lowest BCUT2D eigenvalue weighted by Crippen LogP contribution is -2.10. The van der Waals surface area contributed by atoms with Crippen molar-refractivity contribution in [3.05, 3.63) is 90.6 Å². The molecule has 0 unspecified atom stereocenters. The minimum Gasteiger partial charge on any atom is -0.492 e. The molecule has 4 aromatic rings. The Morgan fingerprint density at radius 3 is 2.51 bits per heavy atom. The quantitative estimate of drug-likeness (QED) is 0.287. The third kappa shape index (κ3) is 5.57. The van der Waals surface area contributed by atoms with Gasteiger partial charge in [-0.25, -0.2) is 0 Å². The van der Waals surface area contributed by atoms with Crippen LogP contribution in [-0.4, -0.2) is 17.5 Å². The number of anilines is 3. The number of amides is 1. The number of aromatic nitrogens is 1. The lowest BCUT2D eigenvalue weighted by molar-refractivity contribution is -0.111. The van der Waals surface area contributed by atoms with Crippen LogP contribution in [0.2, 0.25) is 0 Å². The molecule has 3 aromatic carbocycles. The Kier molecular flexibility index (Phi) is 7.24. The Labute approximate surface area is 203 Å². The van der Waals surface area contributed by atoms with Gasteiger partial charge in [0.2, 0.25) is 5.91 Å². The van der Waals surface area contributed by atoms with Crippen LogP contribution in [0.3, 0.4) is 0 Å². The molecule has 0 spiro atoms. The van der Waals surface area contributed by atoms with E-state index in [9.17, 15) is 10.1 Å². The monoisotopic (exact) mass is 464 g/mol. The topological polar surface area (TPSA) is 96.3 Å². The highest BCUT2D eigenvalue weighted by Gasteiger charge is 2.15. The van der Waals surface area contributed by atoms with E-state index in [0.29, 0.717) is 45.9 Å². The maximum Gasteiger partial charge on any atom is 0.248 e. The summed E-state index contributed by atoms with van der Waals surface area (Å²) in [5.74, 6) is 1.67. The van der Waals surface area contributed by atoms with Crippen LogP contribution >= 0.6 is 0 Å². The van der Waals surface area contributed by atoms with Gasteiger partial charge in [0.05, 0.1) is 29.1 Å². The second kappa shape index (κ2) is 10.9. The van der Waals surface area contributed by atoms with Gasteiger partial charge in [-0.2, -0.15) is 5.26 Å². The maximum absolute atomic E-state index is 12.2. The number of benzene rings is 3. The molecule has 0 aliphatic heterocycles. The number of pyridine rings is 1. The molecule has 35 heavy (non-hydrogen) atoms. The summed E-state index contributed by atoms with van der Waals surface area (Å²) in [6.45, 7) is 4.06. The van der Waals surface area contributed by atoms with E-state index in [0.717, 1.165) is 11.4 Å². The molecule has 2 N–H and O–H groups in total. The molecule has 0 bridgehead atoms. The van der Waals surface area contributed by atoms with Crippen LogP contribution in [0, 0.1) is 11.3 Å². The normalized spacial score (nSPS) is 10.7. The molecule has 1 heterocycles. The first-order valence-electron chi connectivity index (χ1n) is 11.1. The highest BCUT2D eigenvalue weighted by molar-refractivity contribution is 6.04. The Balaban J connectivity index is 1.70. The van der Waals surface area contributed by atoms with E-state index in [2.05, 4.69) is 21.7 Å². The molecular weight excluding hydrogens is 440 g/mol. The number of hydrogen-bond acceptors (Lipinski definition) is 6. The van der Waals surface area contributed by atoms with Crippen molar-refractivity contribution in [1.82, 2.24) is 4.98 Å². The number of nitriles is 1. The fraction of sp³-hybridized carbons (Fsp3) is 0.107. The molecule has 0 aliphatic carbocycles. The highest BCUT2D eigenvalue weighted by atomic mass is 16.5. The zero-order valence-electron chi connectivity index (χ0n) is 19.4. The van der Waals surface area contributed by atoms with Crippen LogP contribution in [0.4, 0.5) is 17.1 Å². The van der Waals surface area contributed by atoms with Gasteiger partial charge in [-0.05, 0) is 62.4 Å². The number of hydrogen-bond donors (Lipinski definition) is 2. The molecule has 1 amide bonds. The minimum atomic E-state index is -0.277. The van der Waals surface area contributed by atoms with E-state index in [1.807, 2.05) is 61.5 Å². The Morgan fingerprint density at radius 2 is 1.83 bits per heavy atom. The molecule has 0 radical (unpaired) electrons. The van der Waals surface area contributed by atoms with Gasteiger partial charge < -0.3 is 20.1 Å². The van der Waals surface area contributed by atoms with Crippen LogP contribution < -0.4 is 20.1 Å². The first-order chi connectivity index (χ1) is 17.1. The first kappa shape index (κ1) is 23.3. The summed E-state index contributed by atoms with van der Waals surface area (Å²) in [6.07, 6.45) is 4.61. The predicted octanol–water partition coefficient (Wildman–Crippen LogP) is 6.56. The number of para-hydroxylation sites is 1. The van der Waals surface area contributed by atoms with Crippen molar-refractivity contribution in [3.8, 4) is 23.3 Å². The smallest absolute Gasteiger partial charge is 0.248 e. The third-order valence-corrected chi connectivity index (χ3v) is 5.07. The number of rotatable bonds is 8. The van der Waals surface area contributed by atoms with E-state index in [4.69, 9.17) is 9.47 Å². The molecule has 0 fully saturated rings. The van der Waals surface area contributed by atoms with Crippen molar-refractivity contribution in [2.24, 2.45) is 0 Å². The maximum atomic E-state index is 12.2. The molecule has 0 aliphatic rings. The van der Waals surface area contributed by atoms with Crippen molar-refractivity contribution >= 4 is 33.9 Å². The van der Waals surface area contributed by atoms with Gasteiger partial charge in [0.15, 0.2) is 0 Å². The minimum absolute atomic E-state index is 0.277. The first-order valence-corrected chi connectivity index (χ1v) is 11.1. The molecule has 1 aromatic heterocycles. The molecule has 0 saturated carbocycles. The molecule has 7 nitrogen and oxygen atoms in total. The summed E-state index contributed by atoms with van der Waals surface area (Å²) in [7, 11) is 0. The molecular formula is C28H24N4O3. The number of ether oxygens (including phenoxy) is 2. The highest BCUT2D eigenvalue weighted by Crippen LogP contribution is 2.36. The SMILES string of the molecule is C/C=C/C(=O)Nc1cc2c(Nc3ccc(Oc4ccccc4)cc3)c(C#N)cnc2cc1OCC. The number of nitrogens with zero attached hydrogens (tertiary/aromatic N) is 2. The average Bonchev–Trinajstić information content (AvgIpc) is 2.87. The number of carbonyl (C=O) groups excluding carboxylic acids is 1. The van der Waals surface area contributed by atoms with Crippen LogP contribution in [0.15, 0.2) is 85.1 Å². The summed E-state index contributed by atoms with van der Waals surface area (Å²) in [5.41, 5.74) is 2.84. The number of nitrogens with one attached hydrogen (secondary N) is 2. The number of carbonyl (C=O) groups is 1.